The van der Waals surface area contributed by atoms with Gasteiger partial charge in [-0.15, -0.1) is 0 Å². The molecule has 0 amide bonds. The van der Waals surface area contributed by atoms with Gasteiger partial charge in [0.1, 0.15) is 0 Å². The molecule has 3 unspecified atom stereocenters. The van der Waals surface area contributed by atoms with Crippen LogP contribution in [0.3, 0.4) is 0 Å². The van der Waals surface area contributed by atoms with E-state index in [0.717, 1.165) is 57.8 Å². The fraction of sp³-hybridized carbons (Fsp3) is 1.00. The van der Waals surface area contributed by atoms with Crippen LogP contribution in [-0.4, -0.2) is 41.1 Å². The van der Waals surface area contributed by atoms with Gasteiger partial charge >= 0.3 is 0 Å². The summed E-state index contributed by atoms with van der Waals surface area (Å²) in [7, 11) is 0. The minimum Gasteiger partial charge on any atom is -0.393 e. The maximum Gasteiger partial charge on any atom is 0.0748 e. The van der Waals surface area contributed by atoms with Gasteiger partial charge < -0.3 is 20.8 Å². The molecule has 0 aromatic heterocycles. The van der Waals surface area contributed by atoms with Crippen LogP contribution in [0.15, 0.2) is 0 Å². The number of fused-ring (bicyclic) bond motifs is 5. The summed E-state index contributed by atoms with van der Waals surface area (Å²) in [6, 6.07) is 0.222. The van der Waals surface area contributed by atoms with Crippen molar-refractivity contribution < 1.29 is 15.1 Å². The van der Waals surface area contributed by atoms with Crippen molar-refractivity contribution in [2.24, 2.45) is 34.3 Å². The van der Waals surface area contributed by atoms with Crippen molar-refractivity contribution in [3.63, 3.8) is 0 Å². The van der Waals surface area contributed by atoms with Crippen molar-refractivity contribution >= 4 is 0 Å². The quantitative estimate of drug-likeness (QED) is 0.435. The van der Waals surface area contributed by atoms with Crippen LogP contribution in [0.2, 0.25) is 0 Å². The van der Waals surface area contributed by atoms with E-state index in [-0.39, 0.29) is 17.6 Å². The predicted octanol–water partition coefficient (Wildman–Crippen LogP) is 2.74. The number of aliphatic hydroxyl groups is 2. The molecule has 27 heavy (non-hydrogen) atoms. The smallest absolute Gasteiger partial charge is 0.0748 e. The Kier molecular flexibility index (Phi) is 5.39. The number of hydroxylamine groups is 1. The summed E-state index contributed by atoms with van der Waals surface area (Å²) in [5.74, 6) is 1.62. The molecule has 4 fully saturated rings. The Hall–Kier alpha value is -0.200. The van der Waals surface area contributed by atoms with Gasteiger partial charge in [0.25, 0.3) is 0 Å². The standard InChI is InChI=1S/C22H40N2O3/c1-20-9-6-16(25)14-15(20)4-5-18-17(20)7-10-21(2)19(8-11-22(18,21)26)24-27-13-3-12-23/h15-19,24-26H,3-14,23H2,1-2H3/t15?,16?,17-,18-,19?,20+,21-,22-/m1/s1. The highest BCUT2D eigenvalue weighted by atomic mass is 16.6. The first kappa shape index (κ1) is 20.1. The number of aliphatic hydroxyl groups excluding tert-OH is 1. The molecule has 0 bridgehead atoms. The van der Waals surface area contributed by atoms with E-state index in [1.54, 1.807) is 0 Å². The summed E-state index contributed by atoms with van der Waals surface area (Å²) in [5.41, 5.74) is 8.45. The lowest BCUT2D eigenvalue weighted by Gasteiger charge is -2.63. The Balaban J connectivity index is 1.52. The molecule has 0 radical (unpaired) electrons. The van der Waals surface area contributed by atoms with Gasteiger partial charge in [-0.1, -0.05) is 13.8 Å². The van der Waals surface area contributed by atoms with Crippen LogP contribution in [0.1, 0.15) is 78.1 Å². The third-order valence-electron chi connectivity index (χ3n) is 9.50. The average molecular weight is 381 g/mol. The van der Waals surface area contributed by atoms with Gasteiger partial charge in [-0.2, -0.15) is 5.48 Å². The monoisotopic (exact) mass is 380 g/mol. The molecular weight excluding hydrogens is 340 g/mol. The Morgan fingerprint density at radius 2 is 1.85 bits per heavy atom. The van der Waals surface area contributed by atoms with Crippen LogP contribution in [-0.2, 0) is 4.84 Å². The predicted molar refractivity (Wildman–Crippen MR) is 106 cm³/mol. The molecule has 156 valence electrons. The molecule has 5 heteroatoms. The van der Waals surface area contributed by atoms with E-state index in [0.29, 0.717) is 36.3 Å². The zero-order chi connectivity index (χ0) is 19.3. The van der Waals surface area contributed by atoms with Gasteiger partial charge in [0.15, 0.2) is 0 Å². The highest BCUT2D eigenvalue weighted by molar-refractivity contribution is 5.18. The molecule has 0 aliphatic heterocycles. The average Bonchev–Trinajstić information content (AvgIpc) is 2.91. The first-order chi connectivity index (χ1) is 12.8. The second kappa shape index (κ2) is 7.24. The van der Waals surface area contributed by atoms with Crippen molar-refractivity contribution in [2.45, 2.75) is 95.8 Å². The molecule has 5 N–H and O–H groups in total. The van der Waals surface area contributed by atoms with Crippen molar-refractivity contribution in [3.05, 3.63) is 0 Å². The van der Waals surface area contributed by atoms with E-state index in [1.165, 1.54) is 6.42 Å². The third-order valence-corrected chi connectivity index (χ3v) is 9.50. The van der Waals surface area contributed by atoms with Crippen LogP contribution in [0.5, 0.6) is 0 Å². The lowest BCUT2D eigenvalue weighted by Crippen LogP contribution is -2.64. The van der Waals surface area contributed by atoms with Crippen LogP contribution >= 0.6 is 0 Å². The normalized spacial score (nSPS) is 52.1. The minimum atomic E-state index is -0.588. The van der Waals surface area contributed by atoms with Gasteiger partial charge in [-0.05, 0) is 93.9 Å². The molecule has 4 rings (SSSR count). The minimum absolute atomic E-state index is 0.109. The Labute approximate surface area is 164 Å². The zero-order valence-electron chi connectivity index (χ0n) is 17.3. The van der Waals surface area contributed by atoms with Gasteiger partial charge in [-0.3, -0.25) is 0 Å². The van der Waals surface area contributed by atoms with E-state index in [4.69, 9.17) is 10.6 Å². The molecule has 0 aromatic rings. The molecule has 0 aromatic carbocycles. The number of nitrogens with two attached hydrogens (primary N) is 1. The molecule has 4 aliphatic rings. The van der Waals surface area contributed by atoms with Crippen molar-refractivity contribution in [1.29, 1.82) is 0 Å². The highest BCUT2D eigenvalue weighted by Crippen LogP contribution is 2.67. The van der Waals surface area contributed by atoms with Crippen LogP contribution in [0, 0.1) is 28.6 Å². The molecule has 4 aliphatic carbocycles. The number of hydrogen-bond acceptors (Lipinski definition) is 5. The summed E-state index contributed by atoms with van der Waals surface area (Å²) in [5, 5.41) is 22.2. The fourth-order valence-corrected chi connectivity index (χ4v) is 7.71. The van der Waals surface area contributed by atoms with E-state index in [9.17, 15) is 10.2 Å². The van der Waals surface area contributed by atoms with E-state index < -0.39 is 5.60 Å². The topological polar surface area (TPSA) is 87.7 Å². The van der Waals surface area contributed by atoms with Crippen molar-refractivity contribution in [3.8, 4) is 0 Å². The van der Waals surface area contributed by atoms with Gasteiger partial charge in [0.2, 0.25) is 0 Å². The highest BCUT2D eigenvalue weighted by Gasteiger charge is 2.67. The first-order valence-electron chi connectivity index (χ1n) is 11.3. The third kappa shape index (κ3) is 3.00. The van der Waals surface area contributed by atoms with Gasteiger partial charge in [0, 0.05) is 11.5 Å². The summed E-state index contributed by atoms with van der Waals surface area (Å²) >= 11 is 0. The molecule has 4 saturated carbocycles. The number of nitrogens with one attached hydrogen (secondary N) is 1. The Morgan fingerprint density at radius 1 is 1.04 bits per heavy atom. The number of hydrogen-bond donors (Lipinski definition) is 4. The lowest BCUT2D eigenvalue weighted by molar-refractivity contribution is -0.211. The molecule has 0 spiro atoms. The second-order valence-corrected chi connectivity index (χ2v) is 10.5. The largest absolute Gasteiger partial charge is 0.393 e. The van der Waals surface area contributed by atoms with Crippen molar-refractivity contribution in [2.75, 3.05) is 13.2 Å². The van der Waals surface area contributed by atoms with Crippen LogP contribution in [0.4, 0.5) is 0 Å². The Morgan fingerprint density at radius 3 is 2.63 bits per heavy atom. The lowest BCUT2D eigenvalue weighted by atomic mass is 9.43. The van der Waals surface area contributed by atoms with Gasteiger partial charge in [-0.25, -0.2) is 0 Å². The number of rotatable bonds is 5. The second-order valence-electron chi connectivity index (χ2n) is 10.5. The van der Waals surface area contributed by atoms with Crippen LogP contribution < -0.4 is 11.2 Å². The summed E-state index contributed by atoms with van der Waals surface area (Å²) in [6.45, 7) is 6.04. The maximum absolute atomic E-state index is 12.0. The first-order valence-corrected chi connectivity index (χ1v) is 11.3. The fourth-order valence-electron chi connectivity index (χ4n) is 7.71. The molecular formula is C22H40N2O3. The molecule has 0 heterocycles. The van der Waals surface area contributed by atoms with Crippen molar-refractivity contribution in [1.82, 2.24) is 5.48 Å². The van der Waals surface area contributed by atoms with Crippen LogP contribution in [0.25, 0.3) is 0 Å². The Bertz CT molecular complexity index is 546. The maximum atomic E-state index is 12.0. The molecule has 5 nitrogen and oxygen atoms in total. The molecule has 8 atom stereocenters. The van der Waals surface area contributed by atoms with E-state index >= 15 is 0 Å². The van der Waals surface area contributed by atoms with Gasteiger partial charge in [0.05, 0.1) is 18.3 Å². The summed E-state index contributed by atoms with van der Waals surface area (Å²) in [4.78, 5) is 5.70. The summed E-state index contributed by atoms with van der Waals surface area (Å²) in [6.07, 6.45) is 10.2. The zero-order valence-corrected chi connectivity index (χ0v) is 17.3. The van der Waals surface area contributed by atoms with E-state index in [2.05, 4.69) is 19.3 Å². The SMILES string of the molecule is C[C@]12CCC(O)CC1CC[C@@H]1[C@H]2CC[C@]2(C)C(NOCCCN)CC[C@@]12O. The molecule has 0 saturated heterocycles. The summed E-state index contributed by atoms with van der Waals surface area (Å²) < 4.78 is 0. The van der Waals surface area contributed by atoms with E-state index in [1.807, 2.05) is 0 Å².